The van der Waals surface area contributed by atoms with Crippen LogP contribution in [-0.4, -0.2) is 24.0 Å². The standard InChI is InChI=1S/C15H16ClN3O/c1-2-19(13-6-4-3-5-7-13)11-15(20)18-14-9-8-12(16)10-17-14/h3-10H,2,11H2,1H3,(H,17,18,20). The number of rotatable bonds is 5. The van der Waals surface area contributed by atoms with Crippen LogP contribution in [0.15, 0.2) is 48.7 Å². The van der Waals surface area contributed by atoms with E-state index in [1.165, 1.54) is 6.20 Å². The van der Waals surface area contributed by atoms with Crippen LogP contribution in [0.5, 0.6) is 0 Å². The Morgan fingerprint density at radius 3 is 2.60 bits per heavy atom. The highest BCUT2D eigenvalue weighted by molar-refractivity contribution is 6.30. The molecule has 1 aromatic carbocycles. The van der Waals surface area contributed by atoms with Gasteiger partial charge in [-0.1, -0.05) is 29.8 Å². The lowest BCUT2D eigenvalue weighted by atomic mass is 10.3. The van der Waals surface area contributed by atoms with Crippen molar-refractivity contribution in [3.05, 3.63) is 53.7 Å². The van der Waals surface area contributed by atoms with Crippen LogP contribution in [-0.2, 0) is 4.79 Å². The molecule has 20 heavy (non-hydrogen) atoms. The van der Waals surface area contributed by atoms with Crippen LogP contribution in [0.4, 0.5) is 11.5 Å². The van der Waals surface area contributed by atoms with Gasteiger partial charge in [0.2, 0.25) is 5.91 Å². The quantitative estimate of drug-likeness (QED) is 0.919. The highest BCUT2D eigenvalue weighted by Crippen LogP contribution is 2.13. The zero-order chi connectivity index (χ0) is 14.4. The number of likely N-dealkylation sites (N-methyl/N-ethyl adjacent to an activating group) is 1. The monoisotopic (exact) mass is 289 g/mol. The number of hydrogen-bond acceptors (Lipinski definition) is 3. The van der Waals surface area contributed by atoms with Crippen molar-refractivity contribution in [1.29, 1.82) is 0 Å². The molecule has 0 radical (unpaired) electrons. The Morgan fingerprint density at radius 2 is 2.00 bits per heavy atom. The third kappa shape index (κ3) is 3.96. The molecule has 0 fully saturated rings. The van der Waals surface area contributed by atoms with E-state index in [1.54, 1.807) is 12.1 Å². The number of pyridine rings is 1. The first-order valence-electron chi connectivity index (χ1n) is 6.40. The Balaban J connectivity index is 1.97. The number of para-hydroxylation sites is 1. The van der Waals surface area contributed by atoms with Crippen LogP contribution in [0.25, 0.3) is 0 Å². The van der Waals surface area contributed by atoms with Gasteiger partial charge in [-0.2, -0.15) is 0 Å². The number of benzene rings is 1. The van der Waals surface area contributed by atoms with Crippen molar-refractivity contribution in [3.63, 3.8) is 0 Å². The van der Waals surface area contributed by atoms with E-state index in [0.717, 1.165) is 12.2 Å². The fourth-order valence-electron chi connectivity index (χ4n) is 1.83. The molecule has 0 aliphatic rings. The normalized spacial score (nSPS) is 10.1. The molecule has 0 bridgehead atoms. The van der Waals surface area contributed by atoms with E-state index in [-0.39, 0.29) is 12.5 Å². The Hall–Kier alpha value is -2.07. The predicted octanol–water partition coefficient (Wildman–Crippen LogP) is 3.20. The smallest absolute Gasteiger partial charge is 0.245 e. The van der Waals surface area contributed by atoms with Crippen molar-refractivity contribution >= 4 is 29.0 Å². The summed E-state index contributed by atoms with van der Waals surface area (Å²) in [6.07, 6.45) is 1.51. The molecule has 0 saturated heterocycles. The van der Waals surface area contributed by atoms with E-state index in [2.05, 4.69) is 10.3 Å². The van der Waals surface area contributed by atoms with Crippen LogP contribution in [0.2, 0.25) is 5.02 Å². The molecule has 0 aliphatic heterocycles. The average molecular weight is 290 g/mol. The summed E-state index contributed by atoms with van der Waals surface area (Å²) in [7, 11) is 0. The third-order valence-corrected chi connectivity index (χ3v) is 3.06. The lowest BCUT2D eigenvalue weighted by Gasteiger charge is -2.22. The zero-order valence-corrected chi connectivity index (χ0v) is 12.0. The lowest BCUT2D eigenvalue weighted by molar-refractivity contribution is -0.115. The summed E-state index contributed by atoms with van der Waals surface area (Å²) in [5.74, 6) is 0.397. The summed E-state index contributed by atoms with van der Waals surface area (Å²) >= 11 is 5.75. The fraction of sp³-hybridized carbons (Fsp3) is 0.200. The van der Waals surface area contributed by atoms with Gasteiger partial charge < -0.3 is 10.2 Å². The molecule has 4 nitrogen and oxygen atoms in total. The minimum Gasteiger partial charge on any atom is -0.362 e. The number of carbonyl (C=O) groups excluding carboxylic acids is 1. The first-order chi connectivity index (χ1) is 9.69. The van der Waals surface area contributed by atoms with Crippen molar-refractivity contribution in [2.24, 2.45) is 0 Å². The highest BCUT2D eigenvalue weighted by Gasteiger charge is 2.10. The number of amides is 1. The second-order valence-corrected chi connectivity index (χ2v) is 4.70. The van der Waals surface area contributed by atoms with Gasteiger partial charge in [0, 0.05) is 18.4 Å². The molecule has 0 saturated carbocycles. The maximum atomic E-state index is 12.0. The van der Waals surface area contributed by atoms with Gasteiger partial charge >= 0.3 is 0 Å². The molecular weight excluding hydrogens is 274 g/mol. The highest BCUT2D eigenvalue weighted by atomic mass is 35.5. The summed E-state index contributed by atoms with van der Waals surface area (Å²) in [6, 6.07) is 13.2. The second-order valence-electron chi connectivity index (χ2n) is 4.26. The predicted molar refractivity (Wildman–Crippen MR) is 82.2 cm³/mol. The van der Waals surface area contributed by atoms with Gasteiger partial charge in [0.25, 0.3) is 0 Å². The summed E-state index contributed by atoms with van der Waals surface area (Å²) in [6.45, 7) is 3.05. The van der Waals surface area contributed by atoms with E-state index < -0.39 is 0 Å². The van der Waals surface area contributed by atoms with Crippen molar-refractivity contribution in [2.75, 3.05) is 23.3 Å². The molecule has 1 heterocycles. The SMILES string of the molecule is CCN(CC(=O)Nc1ccc(Cl)cn1)c1ccccc1. The van der Waals surface area contributed by atoms with Crippen LogP contribution in [0, 0.1) is 0 Å². The summed E-state index contributed by atoms with van der Waals surface area (Å²) in [5.41, 5.74) is 1.02. The Labute approximate surface area is 123 Å². The van der Waals surface area contributed by atoms with Gasteiger partial charge in [0.05, 0.1) is 11.6 Å². The molecule has 2 aromatic rings. The molecular formula is C15H16ClN3O. The maximum absolute atomic E-state index is 12.0. The van der Waals surface area contributed by atoms with Crippen LogP contribution >= 0.6 is 11.6 Å². The molecule has 1 aromatic heterocycles. The number of nitrogens with zero attached hydrogens (tertiary/aromatic N) is 2. The van der Waals surface area contributed by atoms with Crippen molar-refractivity contribution < 1.29 is 4.79 Å². The zero-order valence-electron chi connectivity index (χ0n) is 11.2. The van der Waals surface area contributed by atoms with E-state index in [9.17, 15) is 4.79 Å². The topological polar surface area (TPSA) is 45.2 Å². The molecule has 1 N–H and O–H groups in total. The van der Waals surface area contributed by atoms with E-state index in [4.69, 9.17) is 11.6 Å². The van der Waals surface area contributed by atoms with Crippen molar-refractivity contribution in [1.82, 2.24) is 4.98 Å². The van der Waals surface area contributed by atoms with Gasteiger partial charge in [0.1, 0.15) is 5.82 Å². The van der Waals surface area contributed by atoms with Crippen molar-refractivity contribution in [3.8, 4) is 0 Å². The lowest BCUT2D eigenvalue weighted by Crippen LogP contribution is -2.33. The van der Waals surface area contributed by atoms with Crippen LogP contribution < -0.4 is 10.2 Å². The van der Waals surface area contributed by atoms with Gasteiger partial charge in [-0.25, -0.2) is 4.98 Å². The third-order valence-electron chi connectivity index (χ3n) is 2.83. The molecule has 2 rings (SSSR count). The second kappa shape index (κ2) is 6.91. The number of nitrogens with one attached hydrogen (secondary N) is 1. The van der Waals surface area contributed by atoms with Gasteiger partial charge in [-0.05, 0) is 31.2 Å². The van der Waals surface area contributed by atoms with Crippen molar-refractivity contribution in [2.45, 2.75) is 6.92 Å². The maximum Gasteiger partial charge on any atom is 0.245 e. The molecule has 0 aliphatic carbocycles. The number of halogens is 1. The largest absolute Gasteiger partial charge is 0.362 e. The van der Waals surface area contributed by atoms with Crippen LogP contribution in [0.1, 0.15) is 6.92 Å². The fourth-order valence-corrected chi connectivity index (χ4v) is 1.94. The minimum absolute atomic E-state index is 0.106. The average Bonchev–Trinajstić information content (AvgIpc) is 2.48. The van der Waals surface area contributed by atoms with Crippen LogP contribution in [0.3, 0.4) is 0 Å². The summed E-state index contributed by atoms with van der Waals surface area (Å²) in [5, 5.41) is 3.30. The molecule has 104 valence electrons. The number of aromatic nitrogens is 1. The number of anilines is 2. The summed E-state index contributed by atoms with van der Waals surface area (Å²) in [4.78, 5) is 18.0. The Morgan fingerprint density at radius 1 is 1.25 bits per heavy atom. The number of carbonyl (C=O) groups is 1. The Kier molecular flexibility index (Phi) is 4.96. The van der Waals surface area contributed by atoms with E-state index in [1.807, 2.05) is 42.2 Å². The van der Waals surface area contributed by atoms with E-state index >= 15 is 0 Å². The molecule has 0 unspecified atom stereocenters. The minimum atomic E-state index is -0.106. The van der Waals surface area contributed by atoms with E-state index in [0.29, 0.717) is 10.8 Å². The summed E-state index contributed by atoms with van der Waals surface area (Å²) < 4.78 is 0. The molecule has 0 spiro atoms. The molecule has 0 atom stereocenters. The number of hydrogen-bond donors (Lipinski definition) is 1. The first kappa shape index (κ1) is 14.3. The van der Waals surface area contributed by atoms with Gasteiger partial charge in [0.15, 0.2) is 0 Å². The molecule has 1 amide bonds. The molecule has 5 heteroatoms. The van der Waals surface area contributed by atoms with Gasteiger partial charge in [-0.3, -0.25) is 4.79 Å². The first-order valence-corrected chi connectivity index (χ1v) is 6.78. The Bertz CT molecular complexity index is 557. The van der Waals surface area contributed by atoms with Gasteiger partial charge in [-0.15, -0.1) is 0 Å².